The van der Waals surface area contributed by atoms with Crippen LogP contribution in [0, 0.1) is 0 Å². The second-order valence-corrected chi connectivity index (χ2v) is 9.13. The molecular formula is C27H56. The van der Waals surface area contributed by atoms with Crippen molar-refractivity contribution in [3.8, 4) is 0 Å². The maximum Gasteiger partial charge on any atom is -0.0533 e. The van der Waals surface area contributed by atoms with Crippen LogP contribution in [0.15, 0.2) is 0 Å². The van der Waals surface area contributed by atoms with Crippen molar-refractivity contribution in [2.75, 3.05) is 0 Å². The van der Waals surface area contributed by atoms with Crippen LogP contribution in [0.1, 0.15) is 174 Å². The third-order valence-electron chi connectivity index (χ3n) is 6.21. The normalized spacial score (nSPS) is 11.3. The maximum atomic E-state index is 2.30. The summed E-state index contributed by atoms with van der Waals surface area (Å²) in [6.45, 7) is 4.61. The van der Waals surface area contributed by atoms with E-state index >= 15 is 0 Å². The molecule has 0 spiro atoms. The maximum absolute atomic E-state index is 2.30. The van der Waals surface area contributed by atoms with Crippen LogP contribution in [-0.2, 0) is 0 Å². The first-order chi connectivity index (χ1) is 13.4. The van der Waals surface area contributed by atoms with Crippen molar-refractivity contribution in [1.29, 1.82) is 0 Å². The zero-order chi connectivity index (χ0) is 19.7. The highest BCUT2D eigenvalue weighted by molar-refractivity contribution is 4.51. The first kappa shape index (κ1) is 27.0. The highest BCUT2D eigenvalue weighted by Crippen LogP contribution is 2.15. The molecule has 27 heavy (non-hydrogen) atoms. The Bertz CT molecular complexity index is 208. The first-order valence-electron chi connectivity index (χ1n) is 13.4. The van der Waals surface area contributed by atoms with Crippen molar-refractivity contribution >= 4 is 0 Å². The van der Waals surface area contributed by atoms with Crippen LogP contribution in [0.25, 0.3) is 0 Å². The molecule has 0 aliphatic heterocycles. The van der Waals surface area contributed by atoms with Gasteiger partial charge in [-0.2, -0.15) is 0 Å². The van der Waals surface area contributed by atoms with Gasteiger partial charge in [-0.05, 0) is 0 Å². The minimum atomic E-state index is 1.37. The second kappa shape index (κ2) is 26.0. The lowest BCUT2D eigenvalue weighted by molar-refractivity contribution is 0.517. The molecule has 164 valence electrons. The van der Waals surface area contributed by atoms with E-state index < -0.39 is 0 Å². The van der Waals surface area contributed by atoms with E-state index in [9.17, 15) is 0 Å². The Morgan fingerprint density at radius 2 is 0.296 bits per heavy atom. The summed E-state index contributed by atoms with van der Waals surface area (Å²) in [6, 6.07) is 0. The first-order valence-corrected chi connectivity index (χ1v) is 13.4. The van der Waals surface area contributed by atoms with Crippen LogP contribution >= 0.6 is 0 Å². The third kappa shape index (κ3) is 26.0. The average molecular weight is 381 g/mol. The van der Waals surface area contributed by atoms with Gasteiger partial charge in [-0.3, -0.25) is 0 Å². The SMILES string of the molecule is CCCCCCCCCCCCCCCCCCCCCCCCCCC. The molecule has 0 radical (unpaired) electrons. The van der Waals surface area contributed by atoms with Crippen LogP contribution in [0.3, 0.4) is 0 Å². The molecule has 0 aromatic carbocycles. The van der Waals surface area contributed by atoms with Gasteiger partial charge < -0.3 is 0 Å². The molecule has 0 N–H and O–H groups in total. The predicted molar refractivity (Wildman–Crippen MR) is 127 cm³/mol. The van der Waals surface area contributed by atoms with Crippen LogP contribution < -0.4 is 0 Å². The average Bonchev–Trinajstić information content (AvgIpc) is 2.68. The molecule has 0 saturated carbocycles. The van der Waals surface area contributed by atoms with Gasteiger partial charge in [0.25, 0.3) is 0 Å². The monoisotopic (exact) mass is 380 g/mol. The number of unbranched alkanes of at least 4 members (excludes halogenated alkanes) is 24. The molecule has 0 amide bonds. The molecule has 0 fully saturated rings. The molecule has 0 atom stereocenters. The topological polar surface area (TPSA) is 0 Å². The Morgan fingerprint density at radius 1 is 0.185 bits per heavy atom. The zero-order valence-electron chi connectivity index (χ0n) is 19.7. The molecule has 0 saturated heterocycles. The van der Waals surface area contributed by atoms with E-state index in [0.717, 1.165) is 0 Å². The number of rotatable bonds is 24. The van der Waals surface area contributed by atoms with E-state index in [-0.39, 0.29) is 0 Å². The largest absolute Gasteiger partial charge is 0.0654 e. The van der Waals surface area contributed by atoms with Crippen molar-refractivity contribution in [3.05, 3.63) is 0 Å². The van der Waals surface area contributed by atoms with Crippen molar-refractivity contribution in [2.24, 2.45) is 0 Å². The van der Waals surface area contributed by atoms with Crippen LogP contribution in [0.4, 0.5) is 0 Å². The van der Waals surface area contributed by atoms with Gasteiger partial charge in [0.05, 0.1) is 0 Å². The Morgan fingerprint density at radius 3 is 0.407 bits per heavy atom. The van der Waals surface area contributed by atoms with Crippen molar-refractivity contribution in [3.63, 3.8) is 0 Å². The molecule has 0 heterocycles. The summed E-state index contributed by atoms with van der Waals surface area (Å²) in [6.07, 6.45) is 36.9. The summed E-state index contributed by atoms with van der Waals surface area (Å²) in [5.74, 6) is 0. The molecule has 0 aromatic rings. The summed E-state index contributed by atoms with van der Waals surface area (Å²) < 4.78 is 0. The van der Waals surface area contributed by atoms with Crippen molar-refractivity contribution in [2.45, 2.75) is 174 Å². The molecule has 0 unspecified atom stereocenters. The molecule has 0 aliphatic carbocycles. The van der Waals surface area contributed by atoms with Gasteiger partial charge in [0.1, 0.15) is 0 Å². The molecule has 0 nitrogen and oxygen atoms in total. The highest BCUT2D eigenvalue weighted by atomic mass is 14.0. The second-order valence-electron chi connectivity index (χ2n) is 9.13. The fourth-order valence-electron chi connectivity index (χ4n) is 4.21. The third-order valence-corrected chi connectivity index (χ3v) is 6.21. The molecule has 0 heteroatoms. The van der Waals surface area contributed by atoms with Crippen molar-refractivity contribution < 1.29 is 0 Å². The van der Waals surface area contributed by atoms with Gasteiger partial charge in [0, 0.05) is 0 Å². The van der Waals surface area contributed by atoms with E-state index in [2.05, 4.69) is 13.8 Å². The van der Waals surface area contributed by atoms with E-state index in [1.165, 1.54) is 161 Å². The summed E-state index contributed by atoms with van der Waals surface area (Å²) in [5, 5.41) is 0. The van der Waals surface area contributed by atoms with Crippen LogP contribution in [-0.4, -0.2) is 0 Å². The Hall–Kier alpha value is 0. The van der Waals surface area contributed by atoms with Crippen LogP contribution in [0.5, 0.6) is 0 Å². The highest BCUT2D eigenvalue weighted by Gasteiger charge is 1.95. The standard InChI is InChI=1S/C27H56/c1-3-5-7-9-11-13-15-17-19-21-23-25-27-26-24-22-20-18-16-14-12-10-8-6-4-2/h3-27H2,1-2H3. The van der Waals surface area contributed by atoms with E-state index in [4.69, 9.17) is 0 Å². The quantitative estimate of drug-likeness (QED) is 0.146. The van der Waals surface area contributed by atoms with Gasteiger partial charge >= 0.3 is 0 Å². The predicted octanol–water partition coefficient (Wildman–Crippen LogP) is 10.8. The van der Waals surface area contributed by atoms with Gasteiger partial charge in [0.2, 0.25) is 0 Å². The molecular weight excluding hydrogens is 324 g/mol. The van der Waals surface area contributed by atoms with E-state index in [0.29, 0.717) is 0 Å². The summed E-state index contributed by atoms with van der Waals surface area (Å²) >= 11 is 0. The summed E-state index contributed by atoms with van der Waals surface area (Å²) in [7, 11) is 0. The Balaban J connectivity index is 2.95. The number of hydrogen-bond donors (Lipinski definition) is 0. The van der Waals surface area contributed by atoms with Gasteiger partial charge in [0.15, 0.2) is 0 Å². The molecule has 0 aliphatic rings. The van der Waals surface area contributed by atoms with Gasteiger partial charge in [-0.15, -0.1) is 0 Å². The Kier molecular flexibility index (Phi) is 26.0. The van der Waals surface area contributed by atoms with Gasteiger partial charge in [-0.1, -0.05) is 174 Å². The van der Waals surface area contributed by atoms with E-state index in [1.54, 1.807) is 0 Å². The lowest BCUT2D eigenvalue weighted by Crippen LogP contribution is -1.84. The minimum Gasteiger partial charge on any atom is -0.0654 e. The minimum absolute atomic E-state index is 1.37. The van der Waals surface area contributed by atoms with Gasteiger partial charge in [-0.25, -0.2) is 0 Å². The molecule has 0 bridgehead atoms. The van der Waals surface area contributed by atoms with E-state index in [1.807, 2.05) is 0 Å². The summed E-state index contributed by atoms with van der Waals surface area (Å²) in [4.78, 5) is 0. The van der Waals surface area contributed by atoms with Crippen molar-refractivity contribution in [1.82, 2.24) is 0 Å². The smallest absolute Gasteiger partial charge is 0.0533 e. The zero-order valence-corrected chi connectivity index (χ0v) is 19.7. The Labute approximate surface area is 174 Å². The lowest BCUT2D eigenvalue weighted by Gasteiger charge is -2.04. The van der Waals surface area contributed by atoms with Crippen LogP contribution in [0.2, 0.25) is 0 Å². The fraction of sp³-hybridized carbons (Fsp3) is 1.00. The molecule has 0 rings (SSSR count). The molecule has 0 aromatic heterocycles. The fourth-order valence-corrected chi connectivity index (χ4v) is 4.21. The lowest BCUT2D eigenvalue weighted by atomic mass is 10.0. The number of hydrogen-bond acceptors (Lipinski definition) is 0. The summed E-state index contributed by atoms with van der Waals surface area (Å²) in [5.41, 5.74) is 0.